The number of carbonyl (C=O) groups is 1. The summed E-state index contributed by atoms with van der Waals surface area (Å²) < 4.78 is 22.8. The molecule has 0 aromatic rings. The van der Waals surface area contributed by atoms with Gasteiger partial charge >= 0.3 is 0 Å². The van der Waals surface area contributed by atoms with Crippen molar-refractivity contribution in [2.45, 2.75) is 51.0 Å². The average molecular weight is 498 g/mol. The monoisotopic (exact) mass is 498 g/mol. The maximum Gasteiger partial charge on any atom is 0.222 e. The van der Waals surface area contributed by atoms with Gasteiger partial charge in [0.15, 0.2) is 15.8 Å². The van der Waals surface area contributed by atoms with Crippen LogP contribution in [0.5, 0.6) is 0 Å². The number of guanidine groups is 1. The van der Waals surface area contributed by atoms with E-state index in [9.17, 15) is 13.2 Å². The fraction of sp³-hybridized carbons (Fsp3) is 0.765. The standard InChI is InChI=1S/C17H30N4O3S.HI/c1-18-17(19-10-7-14-5-3-2-4-6-14)20-11-8-16(22)21-15-9-12-25(23,24)13-15;/h5,15H,2-4,6-13H2,1H3,(H,21,22)(H2,18,19,20);1H. The topological polar surface area (TPSA) is 99.7 Å². The van der Waals surface area contributed by atoms with Gasteiger partial charge in [0.25, 0.3) is 0 Å². The number of nitrogens with zero attached hydrogens (tertiary/aromatic N) is 1. The molecule has 0 aromatic carbocycles. The summed E-state index contributed by atoms with van der Waals surface area (Å²) in [6, 6.07) is -0.237. The molecular weight excluding hydrogens is 467 g/mol. The van der Waals surface area contributed by atoms with Crippen LogP contribution >= 0.6 is 24.0 Å². The molecule has 1 amide bonds. The third-order valence-corrected chi connectivity index (χ3v) is 6.36. The molecule has 0 aromatic heterocycles. The first-order chi connectivity index (χ1) is 12.0. The van der Waals surface area contributed by atoms with E-state index in [0.29, 0.717) is 25.3 Å². The van der Waals surface area contributed by atoms with Gasteiger partial charge in [-0.25, -0.2) is 8.42 Å². The summed E-state index contributed by atoms with van der Waals surface area (Å²) in [5.74, 6) is 0.791. The summed E-state index contributed by atoms with van der Waals surface area (Å²) in [6.07, 6.45) is 9.16. The van der Waals surface area contributed by atoms with Crippen LogP contribution in [0.2, 0.25) is 0 Å². The van der Waals surface area contributed by atoms with E-state index in [2.05, 4.69) is 27.0 Å². The van der Waals surface area contributed by atoms with Gasteiger partial charge in [-0.05, 0) is 38.5 Å². The number of rotatable bonds is 7. The Morgan fingerprint density at radius 2 is 2.04 bits per heavy atom. The highest BCUT2D eigenvalue weighted by Gasteiger charge is 2.28. The van der Waals surface area contributed by atoms with Gasteiger partial charge in [-0.2, -0.15) is 0 Å². The van der Waals surface area contributed by atoms with Gasteiger partial charge in [0.05, 0.1) is 11.5 Å². The second-order valence-electron chi connectivity index (χ2n) is 6.70. The van der Waals surface area contributed by atoms with Crippen molar-refractivity contribution in [3.63, 3.8) is 0 Å². The van der Waals surface area contributed by atoms with Gasteiger partial charge in [-0.3, -0.25) is 9.79 Å². The van der Waals surface area contributed by atoms with Crippen LogP contribution in [0, 0.1) is 0 Å². The number of carbonyl (C=O) groups excluding carboxylic acids is 1. The first-order valence-electron chi connectivity index (χ1n) is 9.11. The Morgan fingerprint density at radius 3 is 2.65 bits per heavy atom. The number of allylic oxidation sites excluding steroid dienone is 1. The number of aliphatic imine (C=N–C) groups is 1. The molecule has 3 N–H and O–H groups in total. The molecular formula is C17H31IN4O3S. The minimum absolute atomic E-state index is 0. The van der Waals surface area contributed by atoms with Crippen molar-refractivity contribution in [1.29, 1.82) is 0 Å². The molecule has 1 aliphatic heterocycles. The highest BCUT2D eigenvalue weighted by atomic mass is 127. The molecule has 26 heavy (non-hydrogen) atoms. The van der Waals surface area contributed by atoms with Crippen LogP contribution in [0.3, 0.4) is 0 Å². The Balaban J connectivity index is 0.00000338. The van der Waals surface area contributed by atoms with Gasteiger partial charge < -0.3 is 16.0 Å². The van der Waals surface area contributed by atoms with E-state index >= 15 is 0 Å². The summed E-state index contributed by atoms with van der Waals surface area (Å²) in [7, 11) is -1.26. The Bertz CT molecular complexity index is 619. The molecule has 0 spiro atoms. The van der Waals surface area contributed by atoms with E-state index in [1.165, 1.54) is 31.3 Å². The number of nitrogens with one attached hydrogen (secondary N) is 3. The van der Waals surface area contributed by atoms with Crippen molar-refractivity contribution in [2.75, 3.05) is 31.6 Å². The number of halogens is 1. The largest absolute Gasteiger partial charge is 0.356 e. The molecule has 1 heterocycles. The predicted molar refractivity (Wildman–Crippen MR) is 116 cm³/mol. The van der Waals surface area contributed by atoms with Crippen molar-refractivity contribution in [3.8, 4) is 0 Å². The molecule has 150 valence electrons. The molecule has 0 radical (unpaired) electrons. The maximum absolute atomic E-state index is 11.9. The summed E-state index contributed by atoms with van der Waals surface area (Å²) in [5.41, 5.74) is 1.51. The average Bonchev–Trinajstić information content (AvgIpc) is 2.93. The molecule has 1 fully saturated rings. The van der Waals surface area contributed by atoms with E-state index in [4.69, 9.17) is 0 Å². The van der Waals surface area contributed by atoms with Gasteiger partial charge in [0.2, 0.25) is 5.91 Å². The fourth-order valence-electron chi connectivity index (χ4n) is 3.20. The molecule has 1 atom stereocenters. The van der Waals surface area contributed by atoms with Crippen LogP contribution in [0.4, 0.5) is 0 Å². The minimum Gasteiger partial charge on any atom is -0.356 e. The maximum atomic E-state index is 11.9. The zero-order valence-electron chi connectivity index (χ0n) is 15.4. The Labute approximate surface area is 173 Å². The first kappa shape index (κ1) is 23.2. The van der Waals surface area contributed by atoms with Gasteiger partial charge in [-0.15, -0.1) is 24.0 Å². The lowest BCUT2D eigenvalue weighted by Gasteiger charge is -2.15. The van der Waals surface area contributed by atoms with Crippen LogP contribution in [-0.4, -0.2) is 58.0 Å². The molecule has 7 nitrogen and oxygen atoms in total. The van der Waals surface area contributed by atoms with Crippen molar-refractivity contribution < 1.29 is 13.2 Å². The summed E-state index contributed by atoms with van der Waals surface area (Å²) >= 11 is 0. The van der Waals surface area contributed by atoms with Gasteiger partial charge in [-0.1, -0.05) is 11.6 Å². The Hall–Kier alpha value is -0.840. The molecule has 2 rings (SSSR count). The van der Waals surface area contributed by atoms with E-state index in [1.807, 2.05) is 0 Å². The van der Waals surface area contributed by atoms with Crippen LogP contribution < -0.4 is 16.0 Å². The van der Waals surface area contributed by atoms with Gasteiger partial charge in [0.1, 0.15) is 0 Å². The minimum atomic E-state index is -2.96. The highest BCUT2D eigenvalue weighted by Crippen LogP contribution is 2.19. The lowest BCUT2D eigenvalue weighted by atomic mass is 9.97. The van der Waals surface area contributed by atoms with E-state index < -0.39 is 9.84 Å². The lowest BCUT2D eigenvalue weighted by Crippen LogP contribution is -2.41. The highest BCUT2D eigenvalue weighted by molar-refractivity contribution is 14.0. The van der Waals surface area contributed by atoms with Crippen LogP contribution in [0.25, 0.3) is 0 Å². The summed E-state index contributed by atoms with van der Waals surface area (Å²) in [4.78, 5) is 16.0. The second-order valence-corrected chi connectivity index (χ2v) is 8.93. The molecule has 1 saturated heterocycles. The quantitative estimate of drug-likeness (QED) is 0.213. The summed E-state index contributed by atoms with van der Waals surface area (Å²) in [5, 5.41) is 9.17. The van der Waals surface area contributed by atoms with E-state index in [0.717, 1.165) is 13.0 Å². The Kier molecular flexibility index (Phi) is 10.5. The normalized spacial score (nSPS) is 22.1. The first-order valence-corrected chi connectivity index (χ1v) is 10.9. The zero-order chi connectivity index (χ0) is 18.1. The van der Waals surface area contributed by atoms with Gasteiger partial charge in [0, 0.05) is 32.6 Å². The lowest BCUT2D eigenvalue weighted by molar-refractivity contribution is -0.121. The van der Waals surface area contributed by atoms with Crippen LogP contribution in [0.1, 0.15) is 44.9 Å². The second kappa shape index (κ2) is 11.8. The third kappa shape index (κ3) is 8.70. The van der Waals surface area contributed by atoms with Crippen molar-refractivity contribution in [2.24, 2.45) is 4.99 Å². The third-order valence-electron chi connectivity index (χ3n) is 4.59. The Morgan fingerprint density at radius 1 is 1.27 bits per heavy atom. The van der Waals surface area contributed by atoms with Crippen molar-refractivity contribution >= 4 is 45.7 Å². The summed E-state index contributed by atoms with van der Waals surface area (Å²) in [6.45, 7) is 1.30. The molecule has 1 aliphatic carbocycles. The predicted octanol–water partition coefficient (Wildman–Crippen LogP) is 1.35. The fourth-order valence-corrected chi connectivity index (χ4v) is 4.87. The number of hydrogen-bond acceptors (Lipinski definition) is 4. The number of sulfone groups is 1. The smallest absolute Gasteiger partial charge is 0.222 e. The molecule has 1 unspecified atom stereocenters. The molecule has 9 heteroatoms. The SMILES string of the molecule is CN=C(NCCC(=O)NC1CCS(=O)(=O)C1)NCCC1=CCCCC1.I. The van der Waals surface area contributed by atoms with Crippen molar-refractivity contribution in [3.05, 3.63) is 11.6 Å². The van der Waals surface area contributed by atoms with E-state index in [-0.39, 0.29) is 47.4 Å². The van der Waals surface area contributed by atoms with Crippen molar-refractivity contribution in [1.82, 2.24) is 16.0 Å². The number of amides is 1. The molecule has 0 bridgehead atoms. The molecule has 2 aliphatic rings. The van der Waals surface area contributed by atoms with E-state index in [1.54, 1.807) is 7.05 Å². The van der Waals surface area contributed by atoms with Crippen LogP contribution in [-0.2, 0) is 14.6 Å². The van der Waals surface area contributed by atoms with Crippen LogP contribution in [0.15, 0.2) is 16.6 Å². The molecule has 0 saturated carbocycles. The number of hydrogen-bond donors (Lipinski definition) is 3. The zero-order valence-corrected chi connectivity index (χ0v) is 18.6.